The maximum Gasteiger partial charge on any atom is 0.230 e. The van der Waals surface area contributed by atoms with Gasteiger partial charge in [0, 0.05) is 27.2 Å². The van der Waals surface area contributed by atoms with Crippen molar-refractivity contribution in [2.24, 2.45) is 5.92 Å². The van der Waals surface area contributed by atoms with Crippen molar-refractivity contribution in [2.75, 3.05) is 44.1 Å². The average molecular weight is 272 g/mol. The van der Waals surface area contributed by atoms with Gasteiger partial charge in [0.1, 0.15) is 0 Å². The summed E-state index contributed by atoms with van der Waals surface area (Å²) in [6.45, 7) is 2.47. The second kappa shape index (κ2) is 6.15. The zero-order chi connectivity index (χ0) is 13.0. The molecule has 1 saturated heterocycles. The largest absolute Gasteiger partial charge is 0.381 e. The van der Waals surface area contributed by atoms with Crippen LogP contribution in [0.2, 0.25) is 5.28 Å². The number of ether oxygens (including phenoxy) is 1. The topological polar surface area (TPSA) is 63.2 Å². The molecular formula is C11H18ClN5O. The zero-order valence-electron chi connectivity index (χ0n) is 10.7. The number of nitrogens with zero attached hydrogens (tertiary/aromatic N) is 4. The molecule has 0 saturated carbocycles. The molecule has 1 aromatic heterocycles. The first-order chi connectivity index (χ1) is 8.65. The Hall–Kier alpha value is -1.14. The van der Waals surface area contributed by atoms with Crippen molar-refractivity contribution in [3.8, 4) is 0 Å². The van der Waals surface area contributed by atoms with Crippen molar-refractivity contribution >= 4 is 23.5 Å². The van der Waals surface area contributed by atoms with E-state index in [1.165, 1.54) is 6.42 Å². The summed E-state index contributed by atoms with van der Waals surface area (Å²) in [4.78, 5) is 14.2. The molecule has 1 unspecified atom stereocenters. The van der Waals surface area contributed by atoms with Crippen molar-refractivity contribution in [2.45, 2.75) is 12.8 Å². The molecular weight excluding hydrogens is 254 g/mol. The Morgan fingerprint density at radius 1 is 1.39 bits per heavy atom. The van der Waals surface area contributed by atoms with Gasteiger partial charge in [0.15, 0.2) is 0 Å². The number of rotatable bonds is 4. The monoisotopic (exact) mass is 271 g/mol. The Labute approximate surface area is 112 Å². The molecule has 0 bridgehead atoms. The SMILES string of the molecule is CN(C)c1nc(Cl)nc(NCC2CCCOC2)n1. The van der Waals surface area contributed by atoms with E-state index >= 15 is 0 Å². The van der Waals surface area contributed by atoms with E-state index < -0.39 is 0 Å². The highest BCUT2D eigenvalue weighted by atomic mass is 35.5. The predicted molar refractivity (Wildman–Crippen MR) is 71.2 cm³/mol. The second-order valence-electron chi connectivity index (χ2n) is 4.59. The molecule has 0 spiro atoms. The number of anilines is 2. The molecule has 1 aliphatic rings. The molecule has 18 heavy (non-hydrogen) atoms. The summed E-state index contributed by atoms with van der Waals surface area (Å²) in [5.41, 5.74) is 0. The summed E-state index contributed by atoms with van der Waals surface area (Å²) in [6.07, 6.45) is 2.29. The Bertz CT molecular complexity index is 395. The molecule has 0 aromatic carbocycles. The Morgan fingerprint density at radius 2 is 2.22 bits per heavy atom. The van der Waals surface area contributed by atoms with Gasteiger partial charge in [0.05, 0.1) is 6.61 Å². The van der Waals surface area contributed by atoms with Gasteiger partial charge in [0.25, 0.3) is 0 Å². The van der Waals surface area contributed by atoms with Gasteiger partial charge in [-0.3, -0.25) is 0 Å². The van der Waals surface area contributed by atoms with Crippen LogP contribution in [0, 0.1) is 5.92 Å². The van der Waals surface area contributed by atoms with Crippen molar-refractivity contribution in [3.05, 3.63) is 5.28 Å². The molecule has 0 amide bonds. The van der Waals surface area contributed by atoms with Crippen molar-refractivity contribution < 1.29 is 4.74 Å². The Kier molecular flexibility index (Phi) is 4.54. The fourth-order valence-corrected chi connectivity index (χ4v) is 1.98. The lowest BCUT2D eigenvalue weighted by molar-refractivity contribution is 0.0594. The minimum atomic E-state index is 0.205. The molecule has 1 atom stereocenters. The minimum absolute atomic E-state index is 0.205. The normalized spacial score (nSPS) is 19.6. The van der Waals surface area contributed by atoms with Crippen LogP contribution in [-0.4, -0.2) is 48.8 Å². The maximum absolute atomic E-state index is 5.86. The van der Waals surface area contributed by atoms with Gasteiger partial charge in [-0.25, -0.2) is 0 Å². The van der Waals surface area contributed by atoms with Gasteiger partial charge in [0.2, 0.25) is 17.2 Å². The highest BCUT2D eigenvalue weighted by Crippen LogP contribution is 2.15. The molecule has 6 nitrogen and oxygen atoms in total. The first kappa shape index (κ1) is 13.3. The van der Waals surface area contributed by atoms with Crippen LogP contribution in [0.1, 0.15) is 12.8 Å². The number of hydrogen-bond donors (Lipinski definition) is 1. The molecule has 0 radical (unpaired) electrons. The Balaban J connectivity index is 1.95. The van der Waals surface area contributed by atoms with Crippen LogP contribution in [0.25, 0.3) is 0 Å². The molecule has 0 aliphatic carbocycles. The van der Waals surface area contributed by atoms with Crippen molar-refractivity contribution in [1.82, 2.24) is 15.0 Å². The number of nitrogens with one attached hydrogen (secondary N) is 1. The lowest BCUT2D eigenvalue weighted by atomic mass is 10.0. The van der Waals surface area contributed by atoms with E-state index in [0.717, 1.165) is 26.2 Å². The zero-order valence-corrected chi connectivity index (χ0v) is 11.4. The van der Waals surface area contributed by atoms with Gasteiger partial charge < -0.3 is 15.0 Å². The summed E-state index contributed by atoms with van der Waals surface area (Å²) in [5, 5.41) is 3.40. The third kappa shape index (κ3) is 3.68. The van der Waals surface area contributed by atoms with Crippen molar-refractivity contribution in [3.63, 3.8) is 0 Å². The molecule has 1 aromatic rings. The van der Waals surface area contributed by atoms with E-state index in [2.05, 4.69) is 20.3 Å². The minimum Gasteiger partial charge on any atom is -0.381 e. The average Bonchev–Trinajstić information content (AvgIpc) is 2.37. The van der Waals surface area contributed by atoms with Gasteiger partial charge in [-0.15, -0.1) is 0 Å². The fraction of sp³-hybridized carbons (Fsp3) is 0.727. The van der Waals surface area contributed by atoms with Crippen LogP contribution in [0.5, 0.6) is 0 Å². The second-order valence-corrected chi connectivity index (χ2v) is 4.92. The van der Waals surface area contributed by atoms with Crippen LogP contribution in [0.3, 0.4) is 0 Å². The molecule has 2 heterocycles. The van der Waals surface area contributed by atoms with E-state index in [-0.39, 0.29) is 5.28 Å². The van der Waals surface area contributed by atoms with Crippen LogP contribution < -0.4 is 10.2 Å². The van der Waals surface area contributed by atoms with E-state index in [9.17, 15) is 0 Å². The van der Waals surface area contributed by atoms with Crippen molar-refractivity contribution in [1.29, 1.82) is 0 Å². The fourth-order valence-electron chi connectivity index (χ4n) is 1.82. The van der Waals surface area contributed by atoms with Crippen LogP contribution in [0.4, 0.5) is 11.9 Å². The standard InChI is InChI=1S/C11H18ClN5O/c1-17(2)11-15-9(12)14-10(16-11)13-6-8-4-3-5-18-7-8/h8H,3-7H2,1-2H3,(H,13,14,15,16). The van der Waals surface area contributed by atoms with Gasteiger partial charge in [-0.05, 0) is 30.4 Å². The van der Waals surface area contributed by atoms with E-state index in [1.807, 2.05) is 14.1 Å². The number of hydrogen-bond acceptors (Lipinski definition) is 6. The smallest absolute Gasteiger partial charge is 0.230 e. The highest BCUT2D eigenvalue weighted by molar-refractivity contribution is 6.28. The molecule has 1 fully saturated rings. The molecule has 1 N–H and O–H groups in total. The maximum atomic E-state index is 5.86. The summed E-state index contributed by atoms with van der Waals surface area (Å²) in [7, 11) is 3.73. The van der Waals surface area contributed by atoms with Crippen LogP contribution in [0.15, 0.2) is 0 Å². The summed E-state index contributed by atoms with van der Waals surface area (Å²) in [5.74, 6) is 1.58. The lowest BCUT2D eigenvalue weighted by Crippen LogP contribution is -2.25. The molecule has 100 valence electrons. The van der Waals surface area contributed by atoms with E-state index in [0.29, 0.717) is 17.8 Å². The Morgan fingerprint density at radius 3 is 2.89 bits per heavy atom. The first-order valence-corrected chi connectivity index (χ1v) is 6.43. The highest BCUT2D eigenvalue weighted by Gasteiger charge is 2.14. The quantitative estimate of drug-likeness (QED) is 0.894. The molecule has 7 heteroatoms. The van der Waals surface area contributed by atoms with Gasteiger partial charge >= 0.3 is 0 Å². The summed E-state index contributed by atoms with van der Waals surface area (Å²) in [6, 6.07) is 0. The van der Waals surface area contributed by atoms with E-state index in [4.69, 9.17) is 16.3 Å². The van der Waals surface area contributed by atoms with Crippen LogP contribution >= 0.6 is 11.6 Å². The van der Waals surface area contributed by atoms with Gasteiger partial charge in [-0.1, -0.05) is 0 Å². The third-order valence-electron chi connectivity index (χ3n) is 2.80. The molecule has 2 rings (SSSR count). The lowest BCUT2D eigenvalue weighted by Gasteiger charge is -2.22. The third-order valence-corrected chi connectivity index (χ3v) is 2.97. The summed E-state index contributed by atoms with van der Waals surface area (Å²) >= 11 is 5.86. The van der Waals surface area contributed by atoms with Gasteiger partial charge in [-0.2, -0.15) is 15.0 Å². The summed E-state index contributed by atoms with van der Waals surface area (Å²) < 4.78 is 5.43. The first-order valence-electron chi connectivity index (χ1n) is 6.05. The number of halogens is 1. The predicted octanol–water partition coefficient (Wildman–Crippen LogP) is 1.43. The van der Waals surface area contributed by atoms with E-state index in [1.54, 1.807) is 4.90 Å². The number of aromatic nitrogens is 3. The van der Waals surface area contributed by atoms with Crippen LogP contribution in [-0.2, 0) is 4.74 Å². The molecule has 1 aliphatic heterocycles.